The highest BCUT2D eigenvalue weighted by Crippen LogP contribution is 2.49. The normalized spacial score (nSPS) is 33.6. The summed E-state index contributed by atoms with van der Waals surface area (Å²) in [6.07, 6.45) is 7.73. The monoisotopic (exact) mass is 248 g/mol. The number of hydrogen-bond acceptors (Lipinski definition) is 1. The summed E-state index contributed by atoms with van der Waals surface area (Å²) in [6.45, 7) is 6.87. The predicted molar refractivity (Wildman–Crippen MR) is 74.4 cm³/mol. The molecule has 0 N–H and O–H groups in total. The number of rotatable bonds is 0. The van der Waals surface area contributed by atoms with Crippen molar-refractivity contribution < 1.29 is 4.79 Å². The van der Waals surface area contributed by atoms with E-state index in [-0.39, 0.29) is 5.41 Å². The third kappa shape index (κ3) is 3.01. The van der Waals surface area contributed by atoms with Crippen molar-refractivity contribution in [2.45, 2.75) is 64.6 Å². The van der Waals surface area contributed by atoms with Crippen molar-refractivity contribution in [1.82, 2.24) is 0 Å². The maximum atomic E-state index is 11.8. The Morgan fingerprint density at radius 3 is 2.71 bits per heavy atom. The van der Waals surface area contributed by atoms with Gasteiger partial charge in [0, 0.05) is 18.3 Å². The summed E-state index contributed by atoms with van der Waals surface area (Å²) in [7, 11) is -1.32. The molecule has 0 amide bonds. The van der Waals surface area contributed by atoms with Gasteiger partial charge in [0.2, 0.25) is 0 Å². The average Bonchev–Trinajstić information content (AvgIpc) is 2.25. The van der Waals surface area contributed by atoms with Gasteiger partial charge in [-0.25, -0.2) is 0 Å². The quantitative estimate of drug-likeness (QED) is 0.471. The zero-order valence-electron chi connectivity index (χ0n) is 11.4. The molecule has 94 valence electrons. The van der Waals surface area contributed by atoms with E-state index in [0.29, 0.717) is 11.7 Å². The van der Waals surface area contributed by atoms with Crippen molar-refractivity contribution in [1.29, 1.82) is 0 Å². The first-order valence-corrected chi connectivity index (χ1v) is 10.5. The number of ketones is 1. The van der Waals surface area contributed by atoms with Crippen molar-refractivity contribution >= 4 is 13.9 Å². The highest BCUT2D eigenvalue weighted by Gasteiger charge is 2.43. The minimum atomic E-state index is -1.32. The van der Waals surface area contributed by atoms with Gasteiger partial charge >= 0.3 is 0 Å². The molecule has 2 heteroatoms. The molecule has 2 rings (SSSR count). The smallest absolute Gasteiger partial charge is 0.134 e. The number of carbonyl (C=O) groups excluding carboxylic acids is 1. The van der Waals surface area contributed by atoms with Crippen molar-refractivity contribution in [2.24, 2.45) is 11.3 Å². The Labute approximate surface area is 106 Å². The maximum Gasteiger partial charge on any atom is 0.134 e. The number of fused-ring (bicyclic) bond motifs is 1. The zero-order valence-corrected chi connectivity index (χ0v) is 12.4. The van der Waals surface area contributed by atoms with E-state index < -0.39 is 8.07 Å². The van der Waals surface area contributed by atoms with Crippen LogP contribution in [0, 0.1) is 22.8 Å². The maximum absolute atomic E-state index is 11.8. The molecule has 2 fully saturated rings. The van der Waals surface area contributed by atoms with Gasteiger partial charge in [0.15, 0.2) is 0 Å². The molecule has 2 saturated carbocycles. The lowest BCUT2D eigenvalue weighted by atomic mass is 9.60. The molecule has 0 radical (unpaired) electrons. The molecular weight excluding hydrogens is 224 g/mol. The summed E-state index contributed by atoms with van der Waals surface area (Å²) in [5.41, 5.74) is 3.62. The zero-order chi connectivity index (χ0) is 12.5. The van der Waals surface area contributed by atoms with Gasteiger partial charge in [-0.05, 0) is 25.2 Å². The SMILES string of the molecule is C[Si](C)(C)C#C[C@@]12CCCC[C@@H]1CCC(=O)C2. The molecule has 17 heavy (non-hydrogen) atoms. The van der Waals surface area contributed by atoms with Crippen LogP contribution in [0.3, 0.4) is 0 Å². The highest BCUT2D eigenvalue weighted by molar-refractivity contribution is 6.83. The summed E-state index contributed by atoms with van der Waals surface area (Å²) < 4.78 is 0. The lowest BCUT2D eigenvalue weighted by molar-refractivity contribution is -0.125. The van der Waals surface area contributed by atoms with Gasteiger partial charge in [-0.2, -0.15) is 0 Å². The van der Waals surface area contributed by atoms with Crippen molar-refractivity contribution in [3.05, 3.63) is 0 Å². The molecule has 0 aromatic heterocycles. The Hall–Kier alpha value is -0.553. The van der Waals surface area contributed by atoms with Crippen LogP contribution in [0.4, 0.5) is 0 Å². The predicted octanol–water partition coefficient (Wildman–Crippen LogP) is 3.80. The van der Waals surface area contributed by atoms with Crippen LogP contribution in [0.25, 0.3) is 0 Å². The lowest BCUT2D eigenvalue weighted by Crippen LogP contribution is -2.39. The number of hydrogen-bond donors (Lipinski definition) is 0. The van der Waals surface area contributed by atoms with Crippen LogP contribution in [0.1, 0.15) is 44.9 Å². The van der Waals surface area contributed by atoms with E-state index in [1.165, 1.54) is 25.7 Å². The van der Waals surface area contributed by atoms with Crippen LogP contribution in [0.2, 0.25) is 19.6 Å². The van der Waals surface area contributed by atoms with Gasteiger partial charge in [-0.3, -0.25) is 4.79 Å². The van der Waals surface area contributed by atoms with Crippen LogP contribution >= 0.6 is 0 Å². The minimum Gasteiger partial charge on any atom is -0.300 e. The molecule has 2 atom stereocenters. The fourth-order valence-corrected chi connectivity index (χ4v) is 3.89. The van der Waals surface area contributed by atoms with Gasteiger partial charge in [-0.15, -0.1) is 11.5 Å². The lowest BCUT2D eigenvalue weighted by Gasteiger charge is -2.43. The first kappa shape index (κ1) is 12.9. The molecular formula is C15H24OSi. The molecule has 1 nitrogen and oxygen atoms in total. The van der Waals surface area contributed by atoms with Crippen LogP contribution < -0.4 is 0 Å². The molecule has 0 aromatic rings. The Morgan fingerprint density at radius 1 is 1.24 bits per heavy atom. The van der Waals surface area contributed by atoms with E-state index in [9.17, 15) is 4.79 Å². The summed E-state index contributed by atoms with van der Waals surface area (Å²) in [4.78, 5) is 11.8. The first-order valence-electron chi connectivity index (χ1n) is 6.97. The highest BCUT2D eigenvalue weighted by atomic mass is 28.3. The molecule has 2 aliphatic carbocycles. The topological polar surface area (TPSA) is 17.1 Å². The van der Waals surface area contributed by atoms with E-state index in [2.05, 4.69) is 31.1 Å². The Bertz CT molecular complexity index is 369. The molecule has 0 unspecified atom stereocenters. The second kappa shape index (κ2) is 4.61. The molecule has 2 aliphatic rings. The molecule has 0 saturated heterocycles. The summed E-state index contributed by atoms with van der Waals surface area (Å²) in [5.74, 6) is 4.76. The van der Waals surface area contributed by atoms with E-state index in [0.717, 1.165) is 19.3 Å². The molecule has 0 spiro atoms. The van der Waals surface area contributed by atoms with Crippen molar-refractivity contribution in [2.75, 3.05) is 0 Å². The largest absolute Gasteiger partial charge is 0.300 e. The Balaban J connectivity index is 2.26. The van der Waals surface area contributed by atoms with Gasteiger partial charge in [-0.1, -0.05) is 32.5 Å². The molecule has 0 aliphatic heterocycles. The van der Waals surface area contributed by atoms with Gasteiger partial charge in [0.05, 0.1) is 0 Å². The second-order valence-corrected chi connectivity index (χ2v) is 11.6. The van der Waals surface area contributed by atoms with Crippen LogP contribution in [0.5, 0.6) is 0 Å². The summed E-state index contributed by atoms with van der Waals surface area (Å²) >= 11 is 0. The molecule has 0 bridgehead atoms. The van der Waals surface area contributed by atoms with Gasteiger partial charge in [0.25, 0.3) is 0 Å². The van der Waals surface area contributed by atoms with Gasteiger partial charge < -0.3 is 0 Å². The summed E-state index contributed by atoms with van der Waals surface area (Å²) in [6, 6.07) is 0. The summed E-state index contributed by atoms with van der Waals surface area (Å²) in [5, 5.41) is 0. The van der Waals surface area contributed by atoms with Crippen LogP contribution in [0.15, 0.2) is 0 Å². The van der Waals surface area contributed by atoms with Crippen molar-refractivity contribution in [3.8, 4) is 11.5 Å². The average molecular weight is 248 g/mol. The second-order valence-electron chi connectivity index (χ2n) is 6.85. The van der Waals surface area contributed by atoms with E-state index in [1.54, 1.807) is 0 Å². The Morgan fingerprint density at radius 2 is 2.00 bits per heavy atom. The minimum absolute atomic E-state index is 0.0772. The van der Waals surface area contributed by atoms with Crippen LogP contribution in [-0.4, -0.2) is 13.9 Å². The van der Waals surface area contributed by atoms with Crippen LogP contribution in [-0.2, 0) is 4.79 Å². The fourth-order valence-electron chi connectivity index (χ4n) is 3.26. The standard InChI is InChI=1S/C15H24OSi/c1-17(2,3)11-10-15-9-5-4-6-13(15)7-8-14(16)12-15/h13H,4-9,12H2,1-3H3/t13-,15-/m1/s1. The molecule has 0 heterocycles. The van der Waals surface area contributed by atoms with E-state index in [1.807, 2.05) is 0 Å². The third-order valence-electron chi connectivity index (χ3n) is 4.18. The number of carbonyl (C=O) groups is 1. The van der Waals surface area contributed by atoms with Crippen molar-refractivity contribution in [3.63, 3.8) is 0 Å². The number of Topliss-reactive ketones (excluding diaryl/α,β-unsaturated/α-hetero) is 1. The molecule has 0 aromatic carbocycles. The third-order valence-corrected chi connectivity index (χ3v) is 5.05. The van der Waals surface area contributed by atoms with E-state index >= 15 is 0 Å². The first-order chi connectivity index (χ1) is 7.91. The Kier molecular flexibility index (Phi) is 3.50. The van der Waals surface area contributed by atoms with Gasteiger partial charge in [0.1, 0.15) is 13.9 Å². The fraction of sp³-hybridized carbons (Fsp3) is 0.800. The van der Waals surface area contributed by atoms with E-state index in [4.69, 9.17) is 0 Å².